The first-order chi connectivity index (χ1) is 7.57. The molecule has 1 fully saturated rings. The van der Waals surface area contributed by atoms with Gasteiger partial charge in [0.25, 0.3) is 0 Å². The van der Waals surface area contributed by atoms with Crippen molar-refractivity contribution < 1.29 is 4.74 Å². The van der Waals surface area contributed by atoms with E-state index in [1.807, 2.05) is 13.8 Å². The van der Waals surface area contributed by atoms with Crippen LogP contribution in [0.25, 0.3) is 0 Å². The molecule has 1 aliphatic heterocycles. The van der Waals surface area contributed by atoms with Gasteiger partial charge in [0.1, 0.15) is 0 Å². The van der Waals surface area contributed by atoms with Crippen molar-refractivity contribution in [1.29, 1.82) is 5.26 Å². The fraction of sp³-hybridized carbons (Fsp3) is 0.923. The summed E-state index contributed by atoms with van der Waals surface area (Å²) in [6.45, 7) is 8.42. The molecule has 0 aromatic carbocycles. The van der Waals surface area contributed by atoms with Crippen LogP contribution in [-0.4, -0.2) is 38.3 Å². The van der Waals surface area contributed by atoms with Gasteiger partial charge in [-0.2, -0.15) is 5.26 Å². The fourth-order valence-corrected chi connectivity index (χ4v) is 2.29. The normalized spacial score (nSPS) is 22.2. The van der Waals surface area contributed by atoms with E-state index in [9.17, 15) is 0 Å². The third-order valence-corrected chi connectivity index (χ3v) is 3.35. The zero-order valence-corrected chi connectivity index (χ0v) is 10.8. The molecule has 16 heavy (non-hydrogen) atoms. The topological polar surface area (TPSA) is 36.3 Å². The highest BCUT2D eigenvalue weighted by atomic mass is 16.5. The molecule has 0 bridgehead atoms. The highest BCUT2D eigenvalue weighted by Crippen LogP contribution is 2.22. The lowest BCUT2D eigenvalue weighted by Gasteiger charge is -2.19. The van der Waals surface area contributed by atoms with Crippen LogP contribution in [0, 0.1) is 22.7 Å². The van der Waals surface area contributed by atoms with E-state index >= 15 is 0 Å². The SMILES string of the molecule is COCC1CCN(CCCC(C)(C)C#N)C1. The summed E-state index contributed by atoms with van der Waals surface area (Å²) in [7, 11) is 1.78. The average Bonchev–Trinajstić information content (AvgIpc) is 2.66. The molecule has 0 aliphatic carbocycles. The summed E-state index contributed by atoms with van der Waals surface area (Å²) in [5.74, 6) is 0.717. The minimum Gasteiger partial charge on any atom is -0.384 e. The van der Waals surface area contributed by atoms with Gasteiger partial charge >= 0.3 is 0 Å². The molecule has 92 valence electrons. The molecule has 3 nitrogen and oxygen atoms in total. The van der Waals surface area contributed by atoms with Crippen LogP contribution in [0.2, 0.25) is 0 Å². The van der Waals surface area contributed by atoms with Crippen molar-refractivity contribution in [3.05, 3.63) is 0 Å². The highest BCUT2D eigenvalue weighted by Gasteiger charge is 2.23. The van der Waals surface area contributed by atoms with Crippen LogP contribution in [-0.2, 0) is 4.74 Å². The van der Waals surface area contributed by atoms with E-state index in [-0.39, 0.29) is 5.41 Å². The van der Waals surface area contributed by atoms with E-state index in [1.54, 1.807) is 7.11 Å². The molecule has 0 aromatic rings. The van der Waals surface area contributed by atoms with Gasteiger partial charge in [-0.05, 0) is 52.1 Å². The predicted molar refractivity (Wildman–Crippen MR) is 65.1 cm³/mol. The lowest BCUT2D eigenvalue weighted by molar-refractivity contribution is 0.153. The predicted octanol–water partition coefficient (Wildman–Crippen LogP) is 2.28. The van der Waals surface area contributed by atoms with Gasteiger partial charge in [-0.3, -0.25) is 0 Å². The highest BCUT2D eigenvalue weighted by molar-refractivity contribution is 4.91. The Hall–Kier alpha value is -0.590. The Morgan fingerprint density at radius 3 is 2.88 bits per heavy atom. The Morgan fingerprint density at radius 2 is 2.25 bits per heavy atom. The second-order valence-corrected chi connectivity index (χ2v) is 5.51. The summed E-state index contributed by atoms with van der Waals surface area (Å²) in [4.78, 5) is 2.50. The molecule has 1 saturated heterocycles. The molecule has 3 heteroatoms. The molecular weight excluding hydrogens is 200 g/mol. The molecule has 0 spiro atoms. The van der Waals surface area contributed by atoms with Crippen molar-refractivity contribution in [2.24, 2.45) is 11.3 Å². The summed E-state index contributed by atoms with van der Waals surface area (Å²) in [5.41, 5.74) is -0.161. The smallest absolute Gasteiger partial charge is 0.0683 e. The second kappa shape index (κ2) is 6.22. The molecular formula is C13H24N2O. The molecule has 0 saturated carbocycles. The molecule has 0 aromatic heterocycles. The Labute approximate surface area is 99.4 Å². The van der Waals surface area contributed by atoms with Crippen molar-refractivity contribution >= 4 is 0 Å². The molecule has 1 atom stereocenters. The molecule has 1 unspecified atom stereocenters. The van der Waals surface area contributed by atoms with Crippen molar-refractivity contribution in [3.8, 4) is 6.07 Å². The zero-order valence-electron chi connectivity index (χ0n) is 10.8. The van der Waals surface area contributed by atoms with Crippen LogP contribution in [0.4, 0.5) is 0 Å². The van der Waals surface area contributed by atoms with Crippen LogP contribution in [0.3, 0.4) is 0 Å². The zero-order chi connectivity index (χ0) is 12.0. The Morgan fingerprint density at radius 1 is 1.50 bits per heavy atom. The maximum atomic E-state index is 8.92. The van der Waals surface area contributed by atoms with E-state index in [0.29, 0.717) is 5.92 Å². The molecule has 0 N–H and O–H groups in total. The van der Waals surface area contributed by atoms with Gasteiger partial charge in [0.2, 0.25) is 0 Å². The number of nitriles is 1. The minimum atomic E-state index is -0.161. The number of hydrogen-bond donors (Lipinski definition) is 0. The van der Waals surface area contributed by atoms with E-state index in [2.05, 4.69) is 11.0 Å². The van der Waals surface area contributed by atoms with Gasteiger partial charge in [-0.1, -0.05) is 0 Å². The molecule has 0 radical (unpaired) electrons. The summed E-state index contributed by atoms with van der Waals surface area (Å²) < 4.78 is 5.18. The van der Waals surface area contributed by atoms with Gasteiger partial charge in [0.15, 0.2) is 0 Å². The first kappa shape index (κ1) is 13.5. The Balaban J connectivity index is 2.14. The molecule has 1 aliphatic rings. The van der Waals surface area contributed by atoms with Crippen molar-refractivity contribution in [3.63, 3.8) is 0 Å². The maximum Gasteiger partial charge on any atom is 0.0683 e. The standard InChI is InChI=1S/C13H24N2O/c1-13(2,11-14)6-4-7-15-8-5-12(9-15)10-16-3/h12H,4-10H2,1-3H3. The molecule has 1 heterocycles. The fourth-order valence-electron chi connectivity index (χ4n) is 2.29. The summed E-state index contributed by atoms with van der Waals surface area (Å²) in [6, 6.07) is 2.36. The second-order valence-electron chi connectivity index (χ2n) is 5.51. The van der Waals surface area contributed by atoms with Crippen LogP contribution in [0.15, 0.2) is 0 Å². The van der Waals surface area contributed by atoms with Crippen LogP contribution < -0.4 is 0 Å². The number of likely N-dealkylation sites (tertiary alicyclic amines) is 1. The Kier molecular flexibility index (Phi) is 5.24. The van der Waals surface area contributed by atoms with Gasteiger partial charge in [0.05, 0.1) is 18.1 Å². The van der Waals surface area contributed by atoms with Gasteiger partial charge in [-0.25, -0.2) is 0 Å². The third-order valence-electron chi connectivity index (χ3n) is 3.35. The van der Waals surface area contributed by atoms with Crippen LogP contribution in [0.5, 0.6) is 0 Å². The monoisotopic (exact) mass is 224 g/mol. The molecule has 1 rings (SSSR count). The number of rotatable bonds is 6. The van der Waals surface area contributed by atoms with Crippen LogP contribution in [0.1, 0.15) is 33.1 Å². The quantitative estimate of drug-likeness (QED) is 0.694. The van der Waals surface area contributed by atoms with Crippen molar-refractivity contribution in [2.45, 2.75) is 33.1 Å². The lowest BCUT2D eigenvalue weighted by Crippen LogP contribution is -2.24. The number of ether oxygens (including phenoxy) is 1. The van der Waals surface area contributed by atoms with Crippen molar-refractivity contribution in [2.75, 3.05) is 33.4 Å². The van der Waals surface area contributed by atoms with Gasteiger partial charge in [0, 0.05) is 13.7 Å². The van der Waals surface area contributed by atoms with Gasteiger partial charge in [-0.15, -0.1) is 0 Å². The lowest BCUT2D eigenvalue weighted by atomic mass is 9.90. The van der Waals surface area contributed by atoms with Crippen molar-refractivity contribution in [1.82, 2.24) is 4.90 Å². The maximum absolute atomic E-state index is 8.92. The average molecular weight is 224 g/mol. The molecule has 0 amide bonds. The number of nitrogens with zero attached hydrogens (tertiary/aromatic N) is 2. The number of methoxy groups -OCH3 is 1. The summed E-state index contributed by atoms with van der Waals surface area (Å²) in [5, 5.41) is 8.92. The summed E-state index contributed by atoms with van der Waals surface area (Å²) >= 11 is 0. The van der Waals surface area contributed by atoms with E-state index in [4.69, 9.17) is 10.00 Å². The minimum absolute atomic E-state index is 0.161. The third kappa shape index (κ3) is 4.51. The van der Waals surface area contributed by atoms with E-state index < -0.39 is 0 Å². The van der Waals surface area contributed by atoms with Gasteiger partial charge < -0.3 is 9.64 Å². The van der Waals surface area contributed by atoms with E-state index in [0.717, 1.165) is 26.0 Å². The van der Waals surface area contributed by atoms with Crippen LogP contribution >= 0.6 is 0 Å². The van der Waals surface area contributed by atoms with E-state index in [1.165, 1.54) is 19.5 Å². The first-order valence-corrected chi connectivity index (χ1v) is 6.20. The Bertz CT molecular complexity index is 245. The number of hydrogen-bond acceptors (Lipinski definition) is 3. The largest absolute Gasteiger partial charge is 0.384 e. The first-order valence-electron chi connectivity index (χ1n) is 6.20. The summed E-state index contributed by atoms with van der Waals surface area (Å²) in [6.07, 6.45) is 3.38.